The second kappa shape index (κ2) is 7.24. The molecule has 0 radical (unpaired) electrons. The molecule has 0 saturated heterocycles. The lowest BCUT2D eigenvalue weighted by atomic mass is 10.0. The number of benzene rings is 1. The van der Waals surface area contributed by atoms with Crippen molar-refractivity contribution in [3.05, 3.63) is 47.3 Å². The summed E-state index contributed by atoms with van der Waals surface area (Å²) >= 11 is 1.85. The smallest absolute Gasteiger partial charge is 0.259 e. The van der Waals surface area contributed by atoms with E-state index in [0.717, 1.165) is 39.4 Å². The number of carbonyl (C=O) groups is 1. The number of thioether (sulfide) groups is 1. The van der Waals surface area contributed by atoms with Crippen LogP contribution in [0, 0.1) is 6.92 Å². The van der Waals surface area contributed by atoms with Crippen LogP contribution in [0.4, 0.5) is 5.69 Å². The zero-order valence-electron chi connectivity index (χ0n) is 17.1. The van der Waals surface area contributed by atoms with Crippen LogP contribution in [0.15, 0.2) is 35.2 Å². The van der Waals surface area contributed by atoms with Gasteiger partial charge in [-0.15, -0.1) is 11.8 Å². The molecule has 0 N–H and O–H groups in total. The number of pyridine rings is 1. The third-order valence-electron chi connectivity index (χ3n) is 5.30. The Labute approximate surface area is 170 Å². The Morgan fingerprint density at radius 1 is 1.29 bits per heavy atom. The summed E-state index contributed by atoms with van der Waals surface area (Å²) in [6.07, 6.45) is 0.961. The van der Waals surface area contributed by atoms with E-state index in [-0.39, 0.29) is 11.8 Å². The number of hydrogen-bond donors (Lipinski definition) is 0. The monoisotopic (exact) mass is 394 g/mol. The molecule has 1 amide bonds. The van der Waals surface area contributed by atoms with Gasteiger partial charge in [0.05, 0.1) is 22.3 Å². The van der Waals surface area contributed by atoms with Gasteiger partial charge in [0.2, 0.25) is 0 Å². The highest BCUT2D eigenvalue weighted by Gasteiger charge is 2.28. The molecule has 0 bridgehead atoms. The van der Waals surface area contributed by atoms with Gasteiger partial charge in [-0.05, 0) is 37.5 Å². The highest BCUT2D eigenvalue weighted by molar-refractivity contribution is 8.00. The van der Waals surface area contributed by atoms with Crippen LogP contribution in [0.3, 0.4) is 0 Å². The molecule has 146 valence electrons. The van der Waals surface area contributed by atoms with Crippen LogP contribution in [-0.4, -0.2) is 32.5 Å². The zero-order valence-corrected chi connectivity index (χ0v) is 17.9. The standard InChI is InChI=1S/C22H26N4OS/c1-13(2)17-12-16(20-15(4)24-25(5)21(20)23-17)22(27)26-11-10-14(3)28-19-9-7-6-8-18(19)26/h6-9,12-14H,10-11H2,1-5H3. The summed E-state index contributed by atoms with van der Waals surface area (Å²) in [7, 11) is 1.89. The fraction of sp³-hybridized carbons (Fsp3) is 0.409. The quantitative estimate of drug-likeness (QED) is 0.618. The van der Waals surface area contributed by atoms with Gasteiger partial charge >= 0.3 is 0 Å². The number of aromatic nitrogens is 3. The van der Waals surface area contributed by atoms with Crippen molar-refractivity contribution < 1.29 is 4.79 Å². The summed E-state index contributed by atoms with van der Waals surface area (Å²) in [5.41, 5.74) is 4.24. The average molecular weight is 395 g/mol. The molecule has 6 heteroatoms. The molecule has 0 aliphatic carbocycles. The van der Waals surface area contributed by atoms with Crippen LogP contribution < -0.4 is 4.90 Å². The predicted molar refractivity (Wildman–Crippen MR) is 115 cm³/mol. The van der Waals surface area contributed by atoms with Crippen molar-refractivity contribution in [1.82, 2.24) is 14.8 Å². The first kappa shape index (κ1) is 19.0. The van der Waals surface area contributed by atoms with Gasteiger partial charge in [0, 0.05) is 29.4 Å². The van der Waals surface area contributed by atoms with E-state index in [4.69, 9.17) is 4.98 Å². The Bertz CT molecular complexity index is 1060. The first-order valence-electron chi connectivity index (χ1n) is 9.78. The molecule has 28 heavy (non-hydrogen) atoms. The first-order chi connectivity index (χ1) is 13.4. The van der Waals surface area contributed by atoms with Crippen molar-refractivity contribution in [3.63, 3.8) is 0 Å². The summed E-state index contributed by atoms with van der Waals surface area (Å²) in [5.74, 6) is 0.269. The minimum Gasteiger partial charge on any atom is -0.307 e. The van der Waals surface area contributed by atoms with Gasteiger partial charge in [-0.1, -0.05) is 32.9 Å². The van der Waals surface area contributed by atoms with Crippen molar-refractivity contribution in [2.24, 2.45) is 7.05 Å². The molecule has 0 fully saturated rings. The molecule has 2 aromatic heterocycles. The van der Waals surface area contributed by atoms with Crippen molar-refractivity contribution in [3.8, 4) is 0 Å². The number of nitrogens with zero attached hydrogens (tertiary/aromatic N) is 4. The highest BCUT2D eigenvalue weighted by Crippen LogP contribution is 2.38. The van der Waals surface area contributed by atoms with Crippen LogP contribution in [0.25, 0.3) is 11.0 Å². The second-order valence-electron chi connectivity index (χ2n) is 7.80. The molecule has 5 nitrogen and oxygen atoms in total. The molecule has 3 heterocycles. The number of rotatable bonds is 2. The number of anilines is 1. The lowest BCUT2D eigenvalue weighted by Gasteiger charge is -2.23. The summed E-state index contributed by atoms with van der Waals surface area (Å²) in [4.78, 5) is 21.7. The molecule has 1 aliphatic heterocycles. The molecule has 1 aliphatic rings. The molecule has 3 aromatic rings. The van der Waals surface area contributed by atoms with Crippen molar-refractivity contribution in [2.45, 2.75) is 50.2 Å². The van der Waals surface area contributed by atoms with Gasteiger partial charge in [0.1, 0.15) is 0 Å². The lowest BCUT2D eigenvalue weighted by Crippen LogP contribution is -2.32. The van der Waals surface area contributed by atoms with Crippen LogP contribution in [-0.2, 0) is 7.05 Å². The molecule has 1 aromatic carbocycles. The fourth-order valence-corrected chi connectivity index (χ4v) is 4.88. The van der Waals surface area contributed by atoms with Gasteiger partial charge < -0.3 is 4.90 Å². The Kier molecular flexibility index (Phi) is 4.91. The van der Waals surface area contributed by atoms with E-state index in [2.05, 4.69) is 38.0 Å². The van der Waals surface area contributed by atoms with Crippen LogP contribution in [0.5, 0.6) is 0 Å². The number of aryl methyl sites for hydroxylation is 2. The van der Waals surface area contributed by atoms with Crippen LogP contribution in [0.2, 0.25) is 0 Å². The van der Waals surface area contributed by atoms with Crippen molar-refractivity contribution in [2.75, 3.05) is 11.4 Å². The maximum absolute atomic E-state index is 13.8. The SMILES string of the molecule is Cc1nn(C)c2nc(C(C)C)cc(C(=O)N3CCC(C)Sc4ccccc43)c12. The number of carbonyl (C=O) groups excluding carboxylic acids is 1. The summed E-state index contributed by atoms with van der Waals surface area (Å²) in [5, 5.41) is 5.87. The van der Waals surface area contributed by atoms with Gasteiger partial charge in [-0.25, -0.2) is 4.98 Å². The van der Waals surface area contributed by atoms with E-state index in [1.165, 1.54) is 0 Å². The van der Waals surface area contributed by atoms with E-state index < -0.39 is 0 Å². The van der Waals surface area contributed by atoms with E-state index in [1.54, 1.807) is 4.68 Å². The lowest BCUT2D eigenvalue weighted by molar-refractivity contribution is 0.0988. The van der Waals surface area contributed by atoms with Gasteiger partial charge in [0.25, 0.3) is 5.91 Å². The Balaban J connectivity index is 1.90. The topological polar surface area (TPSA) is 51.0 Å². The number of hydrogen-bond acceptors (Lipinski definition) is 4. The van der Waals surface area contributed by atoms with Gasteiger partial charge in [-0.2, -0.15) is 5.10 Å². The van der Waals surface area contributed by atoms with E-state index in [1.807, 2.05) is 48.8 Å². The minimum absolute atomic E-state index is 0.0348. The molecular weight excluding hydrogens is 368 g/mol. The molecule has 0 spiro atoms. The fourth-order valence-electron chi connectivity index (χ4n) is 3.77. The maximum Gasteiger partial charge on any atom is 0.259 e. The Hall–Kier alpha value is -2.34. The first-order valence-corrected chi connectivity index (χ1v) is 10.7. The summed E-state index contributed by atoms with van der Waals surface area (Å²) < 4.78 is 1.78. The predicted octanol–water partition coefficient (Wildman–Crippen LogP) is 4.93. The highest BCUT2D eigenvalue weighted by atomic mass is 32.2. The molecule has 1 unspecified atom stereocenters. The largest absolute Gasteiger partial charge is 0.307 e. The maximum atomic E-state index is 13.8. The summed E-state index contributed by atoms with van der Waals surface area (Å²) in [6.45, 7) is 9.09. The normalized spacial score (nSPS) is 17.1. The summed E-state index contributed by atoms with van der Waals surface area (Å²) in [6, 6.07) is 10.2. The molecular formula is C22H26N4OS. The van der Waals surface area contributed by atoms with Crippen molar-refractivity contribution >= 4 is 34.4 Å². The van der Waals surface area contributed by atoms with Crippen molar-refractivity contribution in [1.29, 1.82) is 0 Å². The van der Waals surface area contributed by atoms with E-state index >= 15 is 0 Å². The number of amides is 1. The second-order valence-corrected chi connectivity index (χ2v) is 9.28. The number of fused-ring (bicyclic) bond motifs is 2. The van der Waals surface area contributed by atoms with Gasteiger partial charge in [0.15, 0.2) is 5.65 Å². The van der Waals surface area contributed by atoms with Gasteiger partial charge in [-0.3, -0.25) is 9.48 Å². The Morgan fingerprint density at radius 3 is 2.79 bits per heavy atom. The third-order valence-corrected chi connectivity index (χ3v) is 6.54. The molecule has 1 atom stereocenters. The number of para-hydroxylation sites is 1. The molecule has 0 saturated carbocycles. The van der Waals surface area contributed by atoms with Crippen LogP contribution in [0.1, 0.15) is 54.9 Å². The van der Waals surface area contributed by atoms with E-state index in [9.17, 15) is 4.79 Å². The minimum atomic E-state index is 0.0348. The zero-order chi connectivity index (χ0) is 20.0. The third kappa shape index (κ3) is 3.20. The van der Waals surface area contributed by atoms with E-state index in [0.29, 0.717) is 17.4 Å². The van der Waals surface area contributed by atoms with Crippen LogP contribution >= 0.6 is 11.8 Å². The average Bonchev–Trinajstić information content (AvgIpc) is 2.85. The Morgan fingerprint density at radius 2 is 2.04 bits per heavy atom. The molecule has 4 rings (SSSR count).